The molecule has 0 bridgehead atoms. The molecule has 2 aromatic rings. The van der Waals surface area contributed by atoms with Crippen molar-refractivity contribution in [2.75, 3.05) is 27.4 Å². The predicted octanol–water partition coefficient (Wildman–Crippen LogP) is 3.15. The minimum atomic E-state index is -1.01. The third kappa shape index (κ3) is 5.06. The fourth-order valence-electron chi connectivity index (χ4n) is 3.47. The van der Waals surface area contributed by atoms with Crippen molar-refractivity contribution in [3.63, 3.8) is 0 Å². The zero-order chi connectivity index (χ0) is 20.8. The van der Waals surface area contributed by atoms with Crippen LogP contribution in [0.4, 0.5) is 0 Å². The van der Waals surface area contributed by atoms with Crippen LogP contribution in [0, 0.1) is 0 Å². The van der Waals surface area contributed by atoms with Crippen molar-refractivity contribution < 1.29 is 28.9 Å². The Hall–Kier alpha value is -3.06. The SMILES string of the molecule is COc1ccc(C(CC(=O)O)NC(=O)c2cccc(C3CCOC3)c2)cc1OC. The monoisotopic (exact) mass is 399 g/mol. The number of carbonyl (C=O) groups is 2. The first kappa shape index (κ1) is 20.7. The van der Waals surface area contributed by atoms with E-state index in [0.29, 0.717) is 29.2 Å². The normalized spacial score (nSPS) is 16.8. The summed E-state index contributed by atoms with van der Waals surface area (Å²) in [7, 11) is 3.03. The highest BCUT2D eigenvalue weighted by atomic mass is 16.5. The number of rotatable bonds is 8. The zero-order valence-electron chi connectivity index (χ0n) is 16.5. The standard InChI is InChI=1S/C22H25NO6/c1-27-19-7-6-15(11-20(19)28-2)18(12-21(24)25)23-22(26)16-5-3-4-14(10-16)17-8-9-29-13-17/h3-7,10-11,17-18H,8-9,12-13H2,1-2H3,(H,23,26)(H,24,25). The minimum absolute atomic E-state index is 0.253. The van der Waals surface area contributed by atoms with E-state index < -0.39 is 12.0 Å². The first-order valence-electron chi connectivity index (χ1n) is 9.44. The maximum Gasteiger partial charge on any atom is 0.305 e. The summed E-state index contributed by atoms with van der Waals surface area (Å²) in [6.07, 6.45) is 0.676. The highest BCUT2D eigenvalue weighted by Crippen LogP contribution is 2.31. The Labute approximate surface area is 169 Å². The summed E-state index contributed by atoms with van der Waals surface area (Å²) in [5.41, 5.74) is 2.17. The summed E-state index contributed by atoms with van der Waals surface area (Å²) in [6, 6.07) is 11.8. The van der Waals surface area contributed by atoms with Crippen molar-refractivity contribution in [3.05, 3.63) is 59.2 Å². The number of benzene rings is 2. The van der Waals surface area contributed by atoms with Gasteiger partial charge in [0.25, 0.3) is 5.91 Å². The Bertz CT molecular complexity index is 875. The maximum atomic E-state index is 12.9. The Kier molecular flexibility index (Phi) is 6.72. The lowest BCUT2D eigenvalue weighted by Crippen LogP contribution is -2.30. The van der Waals surface area contributed by atoms with Gasteiger partial charge in [-0.1, -0.05) is 18.2 Å². The summed E-state index contributed by atoms with van der Waals surface area (Å²) in [4.78, 5) is 24.2. The predicted molar refractivity (Wildman–Crippen MR) is 107 cm³/mol. The van der Waals surface area contributed by atoms with E-state index in [9.17, 15) is 14.7 Å². The minimum Gasteiger partial charge on any atom is -0.493 e. The van der Waals surface area contributed by atoms with E-state index in [2.05, 4.69) is 5.32 Å². The van der Waals surface area contributed by atoms with Gasteiger partial charge in [-0.3, -0.25) is 9.59 Å². The van der Waals surface area contributed by atoms with Crippen LogP contribution in [-0.2, 0) is 9.53 Å². The Morgan fingerprint density at radius 3 is 2.62 bits per heavy atom. The molecule has 154 valence electrons. The second-order valence-corrected chi connectivity index (χ2v) is 6.92. The molecular formula is C22H25NO6. The van der Waals surface area contributed by atoms with Crippen LogP contribution in [0.3, 0.4) is 0 Å². The number of methoxy groups -OCH3 is 2. The number of carboxylic acid groups (broad SMARTS) is 1. The molecule has 29 heavy (non-hydrogen) atoms. The van der Waals surface area contributed by atoms with E-state index in [0.717, 1.165) is 18.6 Å². The van der Waals surface area contributed by atoms with Gasteiger partial charge in [0.1, 0.15) is 0 Å². The molecule has 0 radical (unpaired) electrons. The lowest BCUT2D eigenvalue weighted by Gasteiger charge is -2.19. The van der Waals surface area contributed by atoms with Gasteiger partial charge < -0.3 is 24.6 Å². The van der Waals surface area contributed by atoms with Crippen LogP contribution in [0.2, 0.25) is 0 Å². The number of carbonyl (C=O) groups excluding carboxylic acids is 1. The number of amides is 1. The number of hydrogen-bond donors (Lipinski definition) is 2. The summed E-state index contributed by atoms with van der Waals surface area (Å²) in [5.74, 6) is -0.0573. The van der Waals surface area contributed by atoms with Crippen LogP contribution in [0.1, 0.15) is 46.3 Å². The van der Waals surface area contributed by atoms with Crippen LogP contribution in [-0.4, -0.2) is 44.4 Å². The molecule has 2 N–H and O–H groups in total. The molecule has 2 atom stereocenters. The molecule has 1 aliphatic rings. The third-order valence-electron chi connectivity index (χ3n) is 5.04. The number of ether oxygens (including phenoxy) is 3. The van der Waals surface area contributed by atoms with Crippen molar-refractivity contribution in [3.8, 4) is 11.5 Å². The molecule has 7 heteroatoms. The van der Waals surface area contributed by atoms with Crippen LogP contribution < -0.4 is 14.8 Å². The molecule has 0 saturated carbocycles. The van der Waals surface area contributed by atoms with Gasteiger partial charge in [0.2, 0.25) is 0 Å². The third-order valence-corrected chi connectivity index (χ3v) is 5.04. The fourth-order valence-corrected chi connectivity index (χ4v) is 3.47. The van der Waals surface area contributed by atoms with Crippen molar-refractivity contribution >= 4 is 11.9 Å². The summed E-state index contributed by atoms with van der Waals surface area (Å²) >= 11 is 0. The fraction of sp³-hybridized carbons (Fsp3) is 0.364. The van der Waals surface area contributed by atoms with Crippen molar-refractivity contribution in [1.82, 2.24) is 5.32 Å². The van der Waals surface area contributed by atoms with Crippen LogP contribution >= 0.6 is 0 Å². The Morgan fingerprint density at radius 2 is 1.97 bits per heavy atom. The molecule has 0 aromatic heterocycles. The summed E-state index contributed by atoms with van der Waals surface area (Å²) < 4.78 is 16.0. The van der Waals surface area contributed by atoms with E-state index >= 15 is 0 Å². The number of hydrogen-bond acceptors (Lipinski definition) is 5. The average Bonchev–Trinajstić information content (AvgIpc) is 3.27. The molecule has 2 aromatic carbocycles. The van der Waals surface area contributed by atoms with E-state index in [1.54, 1.807) is 24.3 Å². The van der Waals surface area contributed by atoms with Gasteiger partial charge in [-0.15, -0.1) is 0 Å². The zero-order valence-corrected chi connectivity index (χ0v) is 16.5. The topological polar surface area (TPSA) is 94.1 Å². The molecule has 1 fully saturated rings. The van der Waals surface area contributed by atoms with Gasteiger partial charge in [-0.25, -0.2) is 0 Å². The van der Waals surface area contributed by atoms with Crippen molar-refractivity contribution in [1.29, 1.82) is 0 Å². The van der Waals surface area contributed by atoms with Crippen LogP contribution in [0.25, 0.3) is 0 Å². The number of aliphatic carboxylic acids is 1. The van der Waals surface area contributed by atoms with Crippen LogP contribution in [0.15, 0.2) is 42.5 Å². The average molecular weight is 399 g/mol. The van der Waals surface area contributed by atoms with Gasteiger partial charge in [0.05, 0.1) is 33.3 Å². The Balaban J connectivity index is 1.82. The highest BCUT2D eigenvalue weighted by Gasteiger charge is 2.22. The second-order valence-electron chi connectivity index (χ2n) is 6.92. The van der Waals surface area contributed by atoms with E-state index in [1.807, 2.05) is 18.2 Å². The lowest BCUT2D eigenvalue weighted by molar-refractivity contribution is -0.137. The van der Waals surface area contributed by atoms with Gasteiger partial charge in [0, 0.05) is 18.1 Å². The molecule has 0 spiro atoms. The summed E-state index contributed by atoms with van der Waals surface area (Å²) in [5, 5.41) is 12.2. The first-order chi connectivity index (χ1) is 14.0. The molecule has 1 saturated heterocycles. The van der Waals surface area contributed by atoms with Gasteiger partial charge in [-0.2, -0.15) is 0 Å². The first-order valence-corrected chi connectivity index (χ1v) is 9.44. The largest absolute Gasteiger partial charge is 0.493 e. The number of nitrogens with one attached hydrogen (secondary N) is 1. The van der Waals surface area contributed by atoms with Gasteiger partial charge in [0.15, 0.2) is 11.5 Å². The molecule has 0 aliphatic carbocycles. The molecule has 1 aliphatic heterocycles. The summed E-state index contributed by atoms with van der Waals surface area (Å²) in [6.45, 7) is 1.37. The van der Waals surface area contributed by atoms with Crippen molar-refractivity contribution in [2.24, 2.45) is 0 Å². The van der Waals surface area contributed by atoms with E-state index in [1.165, 1.54) is 14.2 Å². The molecular weight excluding hydrogens is 374 g/mol. The van der Waals surface area contributed by atoms with Gasteiger partial charge >= 0.3 is 5.97 Å². The molecule has 1 heterocycles. The van der Waals surface area contributed by atoms with E-state index in [-0.39, 0.29) is 18.2 Å². The molecule has 3 rings (SSSR count). The molecule has 7 nitrogen and oxygen atoms in total. The number of carboxylic acids is 1. The van der Waals surface area contributed by atoms with Gasteiger partial charge in [-0.05, 0) is 41.8 Å². The van der Waals surface area contributed by atoms with E-state index in [4.69, 9.17) is 14.2 Å². The smallest absolute Gasteiger partial charge is 0.305 e. The molecule has 2 unspecified atom stereocenters. The Morgan fingerprint density at radius 1 is 1.17 bits per heavy atom. The molecule has 1 amide bonds. The highest BCUT2D eigenvalue weighted by molar-refractivity contribution is 5.95. The maximum absolute atomic E-state index is 12.9. The second kappa shape index (κ2) is 9.43. The van der Waals surface area contributed by atoms with Crippen LogP contribution in [0.5, 0.6) is 11.5 Å². The van der Waals surface area contributed by atoms with Crippen molar-refractivity contribution in [2.45, 2.75) is 24.8 Å². The lowest BCUT2D eigenvalue weighted by atomic mass is 9.96. The quantitative estimate of drug-likeness (QED) is 0.708.